The van der Waals surface area contributed by atoms with Crippen molar-refractivity contribution < 1.29 is 13.2 Å². The Morgan fingerprint density at radius 3 is 2.45 bits per heavy atom. The highest BCUT2D eigenvalue weighted by Gasteiger charge is 2.14. The van der Waals surface area contributed by atoms with Gasteiger partial charge >= 0.3 is 0 Å². The lowest BCUT2D eigenvalue weighted by atomic mass is 10.2. The Kier molecular flexibility index (Phi) is 4.96. The van der Waals surface area contributed by atoms with E-state index in [2.05, 4.69) is 5.32 Å². The molecule has 0 aliphatic carbocycles. The zero-order valence-electron chi connectivity index (χ0n) is 11.8. The van der Waals surface area contributed by atoms with Gasteiger partial charge in [-0.25, -0.2) is 13.6 Å². The number of nitrogens with one attached hydrogen (secondary N) is 1. The molecule has 8 heteroatoms. The number of nitrogen functional groups attached to an aromatic ring is 1. The normalized spacial score (nSPS) is 11.4. The summed E-state index contributed by atoms with van der Waals surface area (Å²) < 4.78 is 22.4. The van der Waals surface area contributed by atoms with Gasteiger partial charge in [-0.05, 0) is 32.0 Å². The molecule has 20 heavy (non-hydrogen) atoms. The van der Waals surface area contributed by atoms with Gasteiger partial charge in [0.25, 0.3) is 0 Å². The van der Waals surface area contributed by atoms with E-state index < -0.39 is 10.0 Å². The number of carbonyl (C=O) groups is 1. The summed E-state index contributed by atoms with van der Waals surface area (Å²) in [6.07, 6.45) is 0. The molecule has 0 aromatic heterocycles. The van der Waals surface area contributed by atoms with Gasteiger partial charge in [-0.1, -0.05) is 0 Å². The van der Waals surface area contributed by atoms with E-state index in [0.29, 0.717) is 5.69 Å². The smallest absolute Gasteiger partial charge is 0.239 e. The van der Waals surface area contributed by atoms with Crippen molar-refractivity contribution in [1.82, 2.24) is 5.32 Å². The molecule has 0 spiro atoms. The van der Waals surface area contributed by atoms with E-state index in [4.69, 9.17) is 10.9 Å². The fourth-order valence-corrected chi connectivity index (χ4v) is 2.27. The van der Waals surface area contributed by atoms with Crippen LogP contribution in [-0.4, -0.2) is 34.0 Å². The molecule has 1 aromatic rings. The van der Waals surface area contributed by atoms with Crippen molar-refractivity contribution in [3.63, 3.8) is 0 Å². The van der Waals surface area contributed by atoms with Crippen LogP contribution in [0, 0.1) is 0 Å². The lowest BCUT2D eigenvalue weighted by Crippen LogP contribution is -2.38. The van der Waals surface area contributed by atoms with Crippen LogP contribution >= 0.6 is 0 Å². The van der Waals surface area contributed by atoms with Gasteiger partial charge in [0.15, 0.2) is 0 Å². The molecule has 0 saturated carbocycles. The zero-order valence-corrected chi connectivity index (χ0v) is 12.6. The highest BCUT2D eigenvalue weighted by Crippen LogP contribution is 2.24. The second-order valence-electron chi connectivity index (χ2n) is 4.84. The van der Waals surface area contributed by atoms with E-state index in [1.165, 1.54) is 18.2 Å². The van der Waals surface area contributed by atoms with Crippen LogP contribution in [0.5, 0.6) is 0 Å². The van der Waals surface area contributed by atoms with Gasteiger partial charge in [0.2, 0.25) is 15.9 Å². The Morgan fingerprint density at radius 2 is 2.00 bits per heavy atom. The van der Waals surface area contributed by atoms with Crippen LogP contribution in [0.25, 0.3) is 0 Å². The predicted molar refractivity (Wildman–Crippen MR) is 78.8 cm³/mol. The maximum atomic E-state index is 11.7. The lowest BCUT2D eigenvalue weighted by Gasteiger charge is -2.21. The minimum absolute atomic E-state index is 0.0537. The Hall–Kier alpha value is -1.80. The minimum atomic E-state index is -3.78. The number of likely N-dealkylation sites (N-methyl/N-ethyl adjacent to an activating group) is 1. The summed E-state index contributed by atoms with van der Waals surface area (Å²) in [5.41, 5.74) is 6.62. The third kappa shape index (κ3) is 4.39. The second kappa shape index (κ2) is 6.10. The molecule has 1 amide bonds. The quantitative estimate of drug-likeness (QED) is 0.655. The first kappa shape index (κ1) is 16.3. The standard InChI is InChI=1S/C12H20N4O3S/c1-8(2)15-12(17)7-16(3)11-5-4-9(6-10(11)13)20(14,18)19/h4-6,8H,7,13H2,1-3H3,(H,15,17)(H2,14,18,19). The van der Waals surface area contributed by atoms with Crippen molar-refractivity contribution in [3.8, 4) is 0 Å². The van der Waals surface area contributed by atoms with Gasteiger partial charge < -0.3 is 16.0 Å². The first-order valence-corrected chi connectivity index (χ1v) is 7.58. The molecule has 112 valence electrons. The number of anilines is 2. The summed E-state index contributed by atoms with van der Waals surface area (Å²) in [5.74, 6) is -0.141. The van der Waals surface area contributed by atoms with E-state index in [0.717, 1.165) is 0 Å². The van der Waals surface area contributed by atoms with Crippen molar-refractivity contribution in [3.05, 3.63) is 18.2 Å². The lowest BCUT2D eigenvalue weighted by molar-refractivity contribution is -0.120. The minimum Gasteiger partial charge on any atom is -0.397 e. The molecule has 0 aliphatic rings. The third-order valence-electron chi connectivity index (χ3n) is 2.57. The van der Waals surface area contributed by atoms with Crippen LogP contribution in [0.3, 0.4) is 0 Å². The highest BCUT2D eigenvalue weighted by molar-refractivity contribution is 7.89. The molecule has 0 heterocycles. The van der Waals surface area contributed by atoms with Gasteiger partial charge in [0.05, 0.1) is 22.8 Å². The fourth-order valence-electron chi connectivity index (χ4n) is 1.73. The molecule has 0 atom stereocenters. The summed E-state index contributed by atoms with van der Waals surface area (Å²) in [4.78, 5) is 13.2. The number of carbonyl (C=O) groups excluding carboxylic acids is 1. The number of benzene rings is 1. The summed E-state index contributed by atoms with van der Waals surface area (Å²) >= 11 is 0. The third-order valence-corrected chi connectivity index (χ3v) is 3.48. The van der Waals surface area contributed by atoms with Gasteiger partial charge in [-0.15, -0.1) is 0 Å². The molecule has 0 unspecified atom stereocenters. The van der Waals surface area contributed by atoms with Gasteiger partial charge in [-0.3, -0.25) is 4.79 Å². The largest absolute Gasteiger partial charge is 0.397 e. The Morgan fingerprint density at radius 1 is 1.40 bits per heavy atom. The topological polar surface area (TPSA) is 119 Å². The summed E-state index contributed by atoms with van der Waals surface area (Å²) in [6.45, 7) is 3.86. The number of nitrogens with zero attached hydrogens (tertiary/aromatic N) is 1. The zero-order chi connectivity index (χ0) is 15.5. The first-order chi connectivity index (χ1) is 9.11. The van der Waals surface area contributed by atoms with Crippen LogP contribution in [-0.2, 0) is 14.8 Å². The van der Waals surface area contributed by atoms with E-state index in [-0.39, 0.29) is 29.1 Å². The van der Waals surface area contributed by atoms with Crippen LogP contribution in [0.15, 0.2) is 23.1 Å². The average Bonchev–Trinajstić information content (AvgIpc) is 2.25. The van der Waals surface area contributed by atoms with Gasteiger partial charge in [0, 0.05) is 13.1 Å². The van der Waals surface area contributed by atoms with Crippen molar-refractivity contribution in [2.75, 3.05) is 24.2 Å². The van der Waals surface area contributed by atoms with Crippen LogP contribution in [0.1, 0.15) is 13.8 Å². The molecule has 0 saturated heterocycles. The molecule has 5 N–H and O–H groups in total. The maximum Gasteiger partial charge on any atom is 0.239 e. The van der Waals surface area contributed by atoms with E-state index >= 15 is 0 Å². The Balaban J connectivity index is 2.90. The molecular formula is C12H20N4O3S. The van der Waals surface area contributed by atoms with Crippen molar-refractivity contribution in [2.24, 2.45) is 5.14 Å². The maximum absolute atomic E-state index is 11.7. The summed E-state index contributed by atoms with van der Waals surface area (Å²) in [5, 5.41) is 7.79. The van der Waals surface area contributed by atoms with Crippen LogP contribution in [0.2, 0.25) is 0 Å². The summed E-state index contributed by atoms with van der Waals surface area (Å²) in [6, 6.07) is 4.22. The Bertz CT molecular complexity index is 599. The number of rotatable bonds is 5. The molecule has 0 aliphatic heterocycles. The van der Waals surface area contributed by atoms with Crippen molar-refractivity contribution in [2.45, 2.75) is 24.8 Å². The fraction of sp³-hybridized carbons (Fsp3) is 0.417. The molecule has 0 radical (unpaired) electrons. The SMILES string of the molecule is CC(C)NC(=O)CN(C)c1ccc(S(N)(=O)=O)cc1N. The predicted octanol–water partition coefficient (Wildman–Crippen LogP) is -0.123. The highest BCUT2D eigenvalue weighted by atomic mass is 32.2. The number of hydrogen-bond donors (Lipinski definition) is 3. The second-order valence-corrected chi connectivity index (χ2v) is 6.41. The number of sulfonamides is 1. The molecular weight excluding hydrogens is 280 g/mol. The van der Waals surface area contributed by atoms with Gasteiger partial charge in [0.1, 0.15) is 0 Å². The number of primary sulfonamides is 1. The van der Waals surface area contributed by atoms with E-state index in [1.54, 1.807) is 11.9 Å². The molecule has 7 nitrogen and oxygen atoms in total. The summed E-state index contributed by atoms with van der Waals surface area (Å²) in [7, 11) is -2.09. The molecule has 0 bridgehead atoms. The monoisotopic (exact) mass is 300 g/mol. The molecule has 0 fully saturated rings. The van der Waals surface area contributed by atoms with E-state index in [9.17, 15) is 13.2 Å². The number of nitrogens with two attached hydrogens (primary N) is 2. The van der Waals surface area contributed by atoms with Crippen molar-refractivity contribution in [1.29, 1.82) is 0 Å². The van der Waals surface area contributed by atoms with Crippen molar-refractivity contribution >= 4 is 27.3 Å². The molecule has 1 rings (SSSR count). The average molecular weight is 300 g/mol. The van der Waals surface area contributed by atoms with Gasteiger partial charge in [-0.2, -0.15) is 0 Å². The van der Waals surface area contributed by atoms with Crippen LogP contribution in [0.4, 0.5) is 11.4 Å². The Labute approximate surface area is 119 Å². The number of hydrogen-bond acceptors (Lipinski definition) is 5. The van der Waals surface area contributed by atoms with E-state index in [1.807, 2.05) is 13.8 Å². The van der Waals surface area contributed by atoms with Crippen LogP contribution < -0.4 is 21.1 Å². The number of amides is 1. The first-order valence-electron chi connectivity index (χ1n) is 6.04. The molecule has 1 aromatic carbocycles.